The summed E-state index contributed by atoms with van der Waals surface area (Å²) in [7, 11) is 0. The van der Waals surface area contributed by atoms with Crippen LogP contribution in [0.15, 0.2) is 24.3 Å². The molecule has 5 nitrogen and oxygen atoms in total. The molecule has 0 aliphatic carbocycles. The molecule has 1 saturated heterocycles. The van der Waals surface area contributed by atoms with Gasteiger partial charge in [0.15, 0.2) is 5.78 Å². The van der Waals surface area contributed by atoms with Gasteiger partial charge in [-0.15, -0.1) is 0 Å². The van der Waals surface area contributed by atoms with Crippen LogP contribution in [0.4, 0.5) is 5.69 Å². The van der Waals surface area contributed by atoms with Gasteiger partial charge in [0, 0.05) is 23.6 Å². The predicted molar refractivity (Wildman–Crippen MR) is 63.0 cm³/mol. The Morgan fingerprint density at radius 2 is 1.82 bits per heavy atom. The third-order valence-electron chi connectivity index (χ3n) is 3.07. The monoisotopic (exact) mass is 234 g/mol. The summed E-state index contributed by atoms with van der Waals surface area (Å²) in [6.45, 7) is 1.73. The Kier molecular flexibility index (Phi) is 3.49. The first-order valence-corrected chi connectivity index (χ1v) is 5.68. The molecule has 2 rings (SSSR count). The van der Waals surface area contributed by atoms with E-state index in [1.807, 2.05) is 0 Å². The van der Waals surface area contributed by atoms with E-state index in [0.717, 1.165) is 25.9 Å². The summed E-state index contributed by atoms with van der Waals surface area (Å²) in [6.07, 6.45) is 1.69. The van der Waals surface area contributed by atoms with E-state index in [-0.39, 0.29) is 17.4 Å². The quantitative estimate of drug-likeness (QED) is 0.491. The molecule has 1 fully saturated rings. The lowest BCUT2D eigenvalue weighted by Crippen LogP contribution is -2.31. The number of non-ortho nitro benzene ring substituents is 1. The molecule has 0 aromatic heterocycles. The van der Waals surface area contributed by atoms with Crippen molar-refractivity contribution in [2.75, 3.05) is 13.1 Å². The highest BCUT2D eigenvalue weighted by Crippen LogP contribution is 2.20. The van der Waals surface area contributed by atoms with Crippen LogP contribution in [0, 0.1) is 16.0 Å². The third-order valence-corrected chi connectivity index (χ3v) is 3.07. The molecule has 1 aromatic carbocycles. The maximum atomic E-state index is 12.1. The van der Waals surface area contributed by atoms with Crippen molar-refractivity contribution in [3.05, 3.63) is 39.9 Å². The summed E-state index contributed by atoms with van der Waals surface area (Å²) in [5.74, 6) is 0.152. The SMILES string of the molecule is O=C(c1ccc([N+](=O)[O-])cc1)C1CCNCC1. The molecular formula is C12H14N2O3. The Labute approximate surface area is 99.0 Å². The average Bonchev–Trinajstić information content (AvgIpc) is 2.39. The summed E-state index contributed by atoms with van der Waals surface area (Å²) in [4.78, 5) is 22.1. The zero-order valence-corrected chi connectivity index (χ0v) is 9.39. The van der Waals surface area contributed by atoms with Gasteiger partial charge >= 0.3 is 0 Å². The van der Waals surface area contributed by atoms with Gasteiger partial charge in [-0.05, 0) is 38.1 Å². The van der Waals surface area contributed by atoms with E-state index in [0.29, 0.717) is 5.56 Å². The van der Waals surface area contributed by atoms with Crippen molar-refractivity contribution in [3.8, 4) is 0 Å². The number of hydrogen-bond acceptors (Lipinski definition) is 4. The first-order valence-electron chi connectivity index (χ1n) is 5.68. The van der Waals surface area contributed by atoms with E-state index in [2.05, 4.69) is 5.32 Å². The van der Waals surface area contributed by atoms with Crippen molar-refractivity contribution in [1.29, 1.82) is 0 Å². The van der Waals surface area contributed by atoms with Crippen molar-refractivity contribution in [2.45, 2.75) is 12.8 Å². The number of piperidine rings is 1. The maximum Gasteiger partial charge on any atom is 0.269 e. The first-order chi connectivity index (χ1) is 8.18. The van der Waals surface area contributed by atoms with E-state index in [1.165, 1.54) is 12.1 Å². The molecule has 0 unspecified atom stereocenters. The maximum absolute atomic E-state index is 12.1. The summed E-state index contributed by atoms with van der Waals surface area (Å²) in [6, 6.07) is 5.85. The fourth-order valence-electron chi connectivity index (χ4n) is 2.07. The Morgan fingerprint density at radius 3 is 2.35 bits per heavy atom. The number of carbonyl (C=O) groups is 1. The molecule has 1 aliphatic rings. The van der Waals surface area contributed by atoms with Crippen LogP contribution in [0.3, 0.4) is 0 Å². The van der Waals surface area contributed by atoms with E-state index in [1.54, 1.807) is 12.1 Å². The molecule has 0 spiro atoms. The molecule has 1 heterocycles. The molecule has 1 aliphatic heterocycles. The largest absolute Gasteiger partial charge is 0.317 e. The van der Waals surface area contributed by atoms with Crippen molar-refractivity contribution in [2.24, 2.45) is 5.92 Å². The molecule has 1 aromatic rings. The fourth-order valence-corrected chi connectivity index (χ4v) is 2.07. The number of hydrogen-bond donors (Lipinski definition) is 1. The first kappa shape index (κ1) is 11.7. The molecule has 5 heteroatoms. The van der Waals surface area contributed by atoms with Gasteiger partial charge in [0.05, 0.1) is 4.92 Å². The highest BCUT2D eigenvalue weighted by Gasteiger charge is 2.22. The number of Topliss-reactive ketones (excluding diaryl/α,β-unsaturated/α-hetero) is 1. The second-order valence-electron chi connectivity index (χ2n) is 4.19. The van der Waals surface area contributed by atoms with Gasteiger partial charge in [-0.25, -0.2) is 0 Å². The topological polar surface area (TPSA) is 72.2 Å². The molecular weight excluding hydrogens is 220 g/mol. The van der Waals surface area contributed by atoms with E-state index in [4.69, 9.17) is 0 Å². The number of ketones is 1. The van der Waals surface area contributed by atoms with Crippen molar-refractivity contribution in [3.63, 3.8) is 0 Å². The number of rotatable bonds is 3. The number of benzene rings is 1. The van der Waals surface area contributed by atoms with Crippen LogP contribution in [0.2, 0.25) is 0 Å². The van der Waals surface area contributed by atoms with E-state index < -0.39 is 4.92 Å². The van der Waals surface area contributed by atoms with Gasteiger partial charge in [-0.1, -0.05) is 0 Å². The highest BCUT2D eigenvalue weighted by molar-refractivity contribution is 5.98. The Bertz CT molecular complexity index is 422. The minimum absolute atomic E-state index is 0.0202. The highest BCUT2D eigenvalue weighted by atomic mass is 16.6. The van der Waals surface area contributed by atoms with Crippen molar-refractivity contribution < 1.29 is 9.72 Å². The van der Waals surface area contributed by atoms with Crippen LogP contribution in [0.5, 0.6) is 0 Å². The second kappa shape index (κ2) is 5.05. The minimum Gasteiger partial charge on any atom is -0.317 e. The van der Waals surface area contributed by atoms with Crippen molar-refractivity contribution in [1.82, 2.24) is 5.32 Å². The van der Waals surface area contributed by atoms with Crippen LogP contribution in [-0.2, 0) is 0 Å². The molecule has 1 N–H and O–H groups in total. The normalized spacial score (nSPS) is 16.7. The van der Waals surface area contributed by atoms with E-state index >= 15 is 0 Å². The van der Waals surface area contributed by atoms with Crippen LogP contribution in [0.1, 0.15) is 23.2 Å². The molecule has 0 bridgehead atoms. The number of carbonyl (C=O) groups excluding carboxylic acids is 1. The lowest BCUT2D eigenvalue weighted by Gasteiger charge is -2.21. The second-order valence-corrected chi connectivity index (χ2v) is 4.19. The van der Waals surface area contributed by atoms with Gasteiger partial charge in [0.1, 0.15) is 0 Å². The lowest BCUT2D eigenvalue weighted by atomic mass is 9.89. The van der Waals surface area contributed by atoms with Gasteiger partial charge in [0.25, 0.3) is 5.69 Å². The Hall–Kier alpha value is -1.75. The van der Waals surface area contributed by atoms with Crippen LogP contribution in [-0.4, -0.2) is 23.8 Å². The number of nitro benzene ring substituents is 1. The average molecular weight is 234 g/mol. The summed E-state index contributed by atoms with van der Waals surface area (Å²) in [5.41, 5.74) is 0.592. The predicted octanol–water partition coefficient (Wildman–Crippen LogP) is 1.78. The van der Waals surface area contributed by atoms with Crippen LogP contribution in [0.25, 0.3) is 0 Å². The van der Waals surface area contributed by atoms with Gasteiger partial charge in [0.2, 0.25) is 0 Å². The molecule has 90 valence electrons. The van der Waals surface area contributed by atoms with Gasteiger partial charge in [-0.3, -0.25) is 14.9 Å². The summed E-state index contributed by atoms with van der Waals surface area (Å²) >= 11 is 0. The smallest absolute Gasteiger partial charge is 0.269 e. The number of nitrogens with zero attached hydrogens (tertiary/aromatic N) is 1. The number of nitrogens with one attached hydrogen (secondary N) is 1. The number of nitro groups is 1. The Balaban J connectivity index is 2.10. The lowest BCUT2D eigenvalue weighted by molar-refractivity contribution is -0.384. The molecule has 0 saturated carbocycles. The zero-order chi connectivity index (χ0) is 12.3. The zero-order valence-electron chi connectivity index (χ0n) is 9.39. The summed E-state index contributed by atoms with van der Waals surface area (Å²) in [5, 5.41) is 13.7. The fraction of sp³-hybridized carbons (Fsp3) is 0.417. The van der Waals surface area contributed by atoms with E-state index in [9.17, 15) is 14.9 Å². The van der Waals surface area contributed by atoms with Gasteiger partial charge in [-0.2, -0.15) is 0 Å². The van der Waals surface area contributed by atoms with Crippen LogP contribution < -0.4 is 5.32 Å². The molecule has 17 heavy (non-hydrogen) atoms. The summed E-state index contributed by atoms with van der Waals surface area (Å²) < 4.78 is 0. The third kappa shape index (κ3) is 2.68. The standard InChI is InChI=1S/C12H14N2O3/c15-12(10-5-7-13-8-6-10)9-1-3-11(4-2-9)14(16)17/h1-4,10,13H,5-8H2. The van der Waals surface area contributed by atoms with Crippen LogP contribution >= 0.6 is 0 Å². The molecule has 0 radical (unpaired) electrons. The minimum atomic E-state index is -0.460. The molecule has 0 amide bonds. The van der Waals surface area contributed by atoms with Gasteiger partial charge < -0.3 is 5.32 Å². The molecule has 0 atom stereocenters. The Morgan fingerprint density at radius 1 is 1.24 bits per heavy atom. The van der Waals surface area contributed by atoms with Crippen molar-refractivity contribution >= 4 is 11.5 Å².